The molecule has 0 aliphatic heterocycles. The molecule has 0 unspecified atom stereocenters. The molecule has 0 atom stereocenters. The maximum Gasteiger partial charge on any atom is 0.488 e. The second kappa shape index (κ2) is 5.24. The van der Waals surface area contributed by atoms with Gasteiger partial charge in [0, 0.05) is 11.5 Å². The van der Waals surface area contributed by atoms with Gasteiger partial charge in [0.25, 0.3) is 0 Å². The Balaban J connectivity index is 2.16. The van der Waals surface area contributed by atoms with Gasteiger partial charge < -0.3 is 15.2 Å². The fourth-order valence-corrected chi connectivity index (χ4v) is 2.59. The fourth-order valence-electron chi connectivity index (χ4n) is 2.06. The first kappa shape index (κ1) is 14.2. The van der Waals surface area contributed by atoms with Gasteiger partial charge in [0.1, 0.15) is 16.4 Å². The van der Waals surface area contributed by atoms with Crippen molar-refractivity contribution < 1.29 is 15.2 Å². The van der Waals surface area contributed by atoms with Gasteiger partial charge in [-0.3, -0.25) is 0 Å². The van der Waals surface area contributed by atoms with Crippen LogP contribution in [0.3, 0.4) is 0 Å². The van der Waals surface area contributed by atoms with Crippen LogP contribution < -0.4 is 5.46 Å². The zero-order chi connectivity index (χ0) is 15.1. The van der Waals surface area contributed by atoms with Crippen molar-refractivity contribution in [3.63, 3.8) is 0 Å². The van der Waals surface area contributed by atoms with Crippen LogP contribution >= 0.6 is 23.2 Å². The van der Waals surface area contributed by atoms with Crippen molar-refractivity contribution in [1.29, 1.82) is 0 Å². The average Bonchev–Trinajstić information content (AvgIpc) is 2.77. The van der Waals surface area contributed by atoms with E-state index in [0.29, 0.717) is 32.2 Å². The largest absolute Gasteiger partial charge is 0.508 e. The van der Waals surface area contributed by atoms with Crippen LogP contribution in [0.4, 0.5) is 0 Å². The molecule has 3 aromatic rings. The van der Waals surface area contributed by atoms with E-state index in [1.807, 2.05) is 0 Å². The van der Waals surface area contributed by atoms with Crippen molar-refractivity contribution >= 4 is 46.7 Å². The van der Waals surface area contributed by atoms with E-state index in [2.05, 4.69) is 5.10 Å². The van der Waals surface area contributed by atoms with Gasteiger partial charge in [-0.1, -0.05) is 35.3 Å². The molecule has 0 radical (unpaired) electrons. The molecule has 0 aliphatic rings. The van der Waals surface area contributed by atoms with E-state index in [4.69, 9.17) is 33.2 Å². The Morgan fingerprint density at radius 3 is 2.33 bits per heavy atom. The van der Waals surface area contributed by atoms with Gasteiger partial charge in [0.05, 0.1) is 10.7 Å². The van der Waals surface area contributed by atoms with Crippen LogP contribution in [0.25, 0.3) is 16.6 Å². The summed E-state index contributed by atoms with van der Waals surface area (Å²) in [7, 11) is -1.53. The number of aromatic nitrogens is 2. The van der Waals surface area contributed by atoms with Crippen molar-refractivity contribution in [3.8, 4) is 11.4 Å². The van der Waals surface area contributed by atoms with Crippen molar-refractivity contribution in [2.45, 2.75) is 0 Å². The molecule has 3 N–H and O–H groups in total. The van der Waals surface area contributed by atoms with E-state index < -0.39 is 7.12 Å². The highest BCUT2D eigenvalue weighted by atomic mass is 35.5. The molecule has 0 amide bonds. The summed E-state index contributed by atoms with van der Waals surface area (Å²) in [5.74, 6) is 0.00713. The molecule has 0 saturated carbocycles. The lowest BCUT2D eigenvalue weighted by Gasteiger charge is -2.04. The third-order valence-electron chi connectivity index (χ3n) is 3.09. The predicted molar refractivity (Wildman–Crippen MR) is 82.6 cm³/mol. The van der Waals surface area contributed by atoms with E-state index in [-0.39, 0.29) is 5.75 Å². The number of phenols is 1. The number of fused-ring (bicyclic) bond motifs is 1. The summed E-state index contributed by atoms with van der Waals surface area (Å²) in [6, 6.07) is 9.30. The van der Waals surface area contributed by atoms with E-state index in [1.54, 1.807) is 24.3 Å². The van der Waals surface area contributed by atoms with Crippen molar-refractivity contribution in [2.24, 2.45) is 0 Å². The maximum absolute atomic E-state index is 9.58. The molecule has 3 rings (SSSR count). The smallest absolute Gasteiger partial charge is 0.488 e. The van der Waals surface area contributed by atoms with E-state index in [1.165, 1.54) is 16.8 Å². The highest BCUT2D eigenvalue weighted by Gasteiger charge is 2.16. The topological polar surface area (TPSA) is 78.5 Å². The van der Waals surface area contributed by atoms with Gasteiger partial charge >= 0.3 is 7.12 Å². The lowest BCUT2D eigenvalue weighted by molar-refractivity contribution is 0.426. The molecule has 1 aromatic heterocycles. The van der Waals surface area contributed by atoms with Crippen LogP contribution in [0.15, 0.2) is 36.4 Å². The van der Waals surface area contributed by atoms with Crippen molar-refractivity contribution in [3.05, 3.63) is 46.6 Å². The fraction of sp³-hybridized carbons (Fsp3) is 0. The minimum atomic E-state index is -1.53. The first-order valence-electron chi connectivity index (χ1n) is 6.00. The van der Waals surface area contributed by atoms with Gasteiger partial charge in [-0.15, -0.1) is 0 Å². The van der Waals surface area contributed by atoms with Crippen LogP contribution in [-0.4, -0.2) is 32.1 Å². The average molecular weight is 323 g/mol. The Kier molecular flexibility index (Phi) is 3.55. The molecule has 0 fully saturated rings. The minimum absolute atomic E-state index is 0.00713. The lowest BCUT2D eigenvalue weighted by Crippen LogP contribution is -2.29. The van der Waals surface area contributed by atoms with Crippen LogP contribution in [0, 0.1) is 0 Å². The molecule has 21 heavy (non-hydrogen) atoms. The Morgan fingerprint density at radius 1 is 1.05 bits per heavy atom. The molecule has 1 heterocycles. The van der Waals surface area contributed by atoms with Gasteiger partial charge in [0.15, 0.2) is 0 Å². The number of hydrogen-bond acceptors (Lipinski definition) is 4. The molecule has 106 valence electrons. The quantitative estimate of drug-likeness (QED) is 0.628. The molecule has 0 spiro atoms. The number of rotatable bonds is 2. The third-order valence-corrected chi connectivity index (χ3v) is 3.74. The Labute approximate surface area is 130 Å². The second-order valence-electron chi connectivity index (χ2n) is 4.49. The molecule has 5 nitrogen and oxygen atoms in total. The molecule has 8 heteroatoms. The number of nitrogens with zero attached hydrogens (tertiary/aromatic N) is 2. The first-order valence-corrected chi connectivity index (χ1v) is 6.76. The molecular formula is C13H9BCl2N2O3. The van der Waals surface area contributed by atoms with Crippen LogP contribution in [0.1, 0.15) is 0 Å². The van der Waals surface area contributed by atoms with Crippen LogP contribution in [0.2, 0.25) is 10.2 Å². The second-order valence-corrected chi connectivity index (χ2v) is 5.26. The number of benzene rings is 2. The van der Waals surface area contributed by atoms with Crippen molar-refractivity contribution in [2.75, 3.05) is 0 Å². The van der Waals surface area contributed by atoms with Gasteiger partial charge in [-0.25, -0.2) is 4.68 Å². The first-order chi connectivity index (χ1) is 9.97. The molecular weight excluding hydrogens is 314 g/mol. The minimum Gasteiger partial charge on any atom is -0.508 e. The Hall–Kier alpha value is -1.73. The normalized spacial score (nSPS) is 11.0. The zero-order valence-corrected chi connectivity index (χ0v) is 12.0. The van der Waals surface area contributed by atoms with Gasteiger partial charge in [-0.05, 0) is 23.7 Å². The molecule has 0 bridgehead atoms. The maximum atomic E-state index is 9.58. The standard InChI is InChI=1S/C13H9BCl2N2O3/c15-11-6-9(19)5-10-12(11)17-18(13(10)16)8-3-1-7(2-4-8)14(20)21/h1-6,19-21H. The number of halogens is 2. The summed E-state index contributed by atoms with van der Waals surface area (Å²) in [6.45, 7) is 0. The highest BCUT2D eigenvalue weighted by Crippen LogP contribution is 2.33. The number of hydrogen-bond donors (Lipinski definition) is 3. The van der Waals surface area contributed by atoms with Gasteiger partial charge in [-0.2, -0.15) is 5.10 Å². The summed E-state index contributed by atoms with van der Waals surface area (Å²) in [4.78, 5) is 0. The lowest BCUT2D eigenvalue weighted by atomic mass is 9.80. The SMILES string of the molecule is OB(O)c1ccc(-n2nc3c(Cl)cc(O)cc3c2Cl)cc1. The Bertz CT molecular complexity index is 818. The van der Waals surface area contributed by atoms with Crippen LogP contribution in [-0.2, 0) is 0 Å². The van der Waals surface area contributed by atoms with E-state index in [0.717, 1.165) is 0 Å². The number of phenolic OH excluding ortho intramolecular Hbond substituents is 1. The van der Waals surface area contributed by atoms with Crippen LogP contribution in [0.5, 0.6) is 5.75 Å². The summed E-state index contributed by atoms with van der Waals surface area (Å²) in [6.07, 6.45) is 0. The highest BCUT2D eigenvalue weighted by molar-refractivity contribution is 6.58. The molecule has 0 aliphatic carbocycles. The third kappa shape index (κ3) is 2.47. The van der Waals surface area contributed by atoms with E-state index in [9.17, 15) is 5.11 Å². The zero-order valence-electron chi connectivity index (χ0n) is 10.5. The summed E-state index contributed by atoms with van der Waals surface area (Å²) >= 11 is 12.3. The summed E-state index contributed by atoms with van der Waals surface area (Å²) < 4.78 is 1.46. The monoisotopic (exact) mass is 322 g/mol. The molecule has 0 saturated heterocycles. The van der Waals surface area contributed by atoms with Gasteiger partial charge in [0.2, 0.25) is 0 Å². The Morgan fingerprint density at radius 2 is 1.71 bits per heavy atom. The molecule has 2 aromatic carbocycles. The summed E-state index contributed by atoms with van der Waals surface area (Å²) in [5, 5.41) is 33.2. The predicted octanol–water partition coefficient (Wildman–Crippen LogP) is 1.72. The summed E-state index contributed by atoms with van der Waals surface area (Å²) in [5.41, 5.74) is 1.48. The number of aromatic hydroxyl groups is 1. The van der Waals surface area contributed by atoms with E-state index >= 15 is 0 Å². The van der Waals surface area contributed by atoms with Crippen molar-refractivity contribution in [1.82, 2.24) is 9.78 Å².